The third kappa shape index (κ3) is 3.43. The van der Waals surface area contributed by atoms with Crippen molar-refractivity contribution < 1.29 is 4.42 Å². The van der Waals surface area contributed by atoms with E-state index in [1.807, 2.05) is 18.2 Å². The fraction of sp³-hybridized carbons (Fsp3) is 0. The van der Waals surface area contributed by atoms with E-state index >= 15 is 0 Å². The largest absolute Gasteiger partial charge is 0.452 e. The summed E-state index contributed by atoms with van der Waals surface area (Å²) in [5.41, 5.74) is 6.26. The summed E-state index contributed by atoms with van der Waals surface area (Å²) in [6.45, 7) is 0. The van der Waals surface area contributed by atoms with Crippen LogP contribution in [0.25, 0.3) is 104 Å². The monoisotopic (exact) mass is 611 g/mol. The first-order chi connectivity index (χ1) is 23.8. The SMILES string of the molecule is c1ccc2c(c1)cc(-c1nc(-n3c4ccc5ccccc5c4c4ccc5ccccc5c43)nc3c1oc1ccccc13)c1ccccc12. The van der Waals surface area contributed by atoms with Gasteiger partial charge in [-0.3, -0.25) is 4.57 Å². The van der Waals surface area contributed by atoms with E-state index < -0.39 is 0 Å². The van der Waals surface area contributed by atoms with Gasteiger partial charge < -0.3 is 4.42 Å². The first kappa shape index (κ1) is 25.6. The van der Waals surface area contributed by atoms with Gasteiger partial charge in [0, 0.05) is 27.1 Å². The maximum atomic E-state index is 6.64. The zero-order valence-corrected chi connectivity index (χ0v) is 25.7. The average molecular weight is 612 g/mol. The van der Waals surface area contributed by atoms with Crippen molar-refractivity contribution in [3.63, 3.8) is 0 Å². The Morgan fingerprint density at radius 3 is 1.92 bits per heavy atom. The predicted octanol–water partition coefficient (Wildman–Crippen LogP) is 11.8. The highest BCUT2D eigenvalue weighted by atomic mass is 16.3. The van der Waals surface area contributed by atoms with Crippen LogP contribution in [0.4, 0.5) is 0 Å². The third-order valence-electron chi connectivity index (χ3n) is 9.97. The van der Waals surface area contributed by atoms with E-state index in [2.05, 4.69) is 138 Å². The summed E-state index contributed by atoms with van der Waals surface area (Å²) in [7, 11) is 0. The van der Waals surface area contributed by atoms with Crippen LogP contribution in [-0.2, 0) is 0 Å². The molecule has 0 amide bonds. The minimum atomic E-state index is 0.618. The third-order valence-corrected chi connectivity index (χ3v) is 9.97. The number of fused-ring (bicyclic) bond motifs is 13. The van der Waals surface area contributed by atoms with Gasteiger partial charge in [0.05, 0.1) is 11.0 Å². The number of hydrogen-bond donors (Lipinski definition) is 0. The van der Waals surface area contributed by atoms with Crippen LogP contribution in [0.1, 0.15) is 0 Å². The number of hydrogen-bond acceptors (Lipinski definition) is 3. The summed E-state index contributed by atoms with van der Waals surface area (Å²) >= 11 is 0. The first-order valence-corrected chi connectivity index (χ1v) is 16.3. The van der Waals surface area contributed by atoms with Gasteiger partial charge in [0.2, 0.25) is 5.95 Å². The number of aromatic nitrogens is 3. The van der Waals surface area contributed by atoms with E-state index in [9.17, 15) is 0 Å². The van der Waals surface area contributed by atoms with Crippen LogP contribution in [0, 0.1) is 0 Å². The first-order valence-electron chi connectivity index (χ1n) is 16.3. The second-order valence-electron chi connectivity index (χ2n) is 12.5. The van der Waals surface area contributed by atoms with Crippen LogP contribution in [0.3, 0.4) is 0 Å². The minimum absolute atomic E-state index is 0.618. The summed E-state index contributed by atoms with van der Waals surface area (Å²) in [5.74, 6) is 0.618. The van der Waals surface area contributed by atoms with Crippen molar-refractivity contribution in [2.45, 2.75) is 0 Å². The topological polar surface area (TPSA) is 43.9 Å². The van der Waals surface area contributed by atoms with Gasteiger partial charge in [-0.2, -0.15) is 0 Å². The Kier molecular flexibility index (Phi) is 5.08. The van der Waals surface area contributed by atoms with E-state index in [-0.39, 0.29) is 0 Å². The van der Waals surface area contributed by atoms with Gasteiger partial charge in [-0.25, -0.2) is 9.97 Å². The molecular weight excluding hydrogens is 587 g/mol. The molecule has 0 fully saturated rings. The standard InChI is InChI=1S/C44H25N3O/c1-5-15-30-26(11-1)22-24-37-39(30)35-23-21-27-12-2-6-16-31(27)42(35)47(37)44-45-40-34-19-9-10-20-38(34)48-43(40)41(46-44)36-25-28-13-3-4-14-29(28)32-17-7-8-18-33(32)36/h1-25H. The Morgan fingerprint density at radius 2 is 1.08 bits per heavy atom. The fourth-order valence-corrected chi connectivity index (χ4v) is 7.87. The van der Waals surface area contributed by atoms with Gasteiger partial charge in [0.15, 0.2) is 5.58 Å². The van der Waals surface area contributed by atoms with Gasteiger partial charge >= 0.3 is 0 Å². The quantitative estimate of drug-likeness (QED) is 0.183. The lowest BCUT2D eigenvalue weighted by atomic mass is 9.95. The zero-order chi connectivity index (χ0) is 31.3. The summed E-state index contributed by atoms with van der Waals surface area (Å²) in [5, 5.41) is 12.8. The van der Waals surface area contributed by atoms with E-state index in [0.717, 1.165) is 54.9 Å². The zero-order valence-electron chi connectivity index (χ0n) is 25.7. The number of nitrogens with zero attached hydrogens (tertiary/aromatic N) is 3. The molecule has 0 aliphatic carbocycles. The summed E-state index contributed by atoms with van der Waals surface area (Å²) in [6, 6.07) is 53.7. The summed E-state index contributed by atoms with van der Waals surface area (Å²) < 4.78 is 8.91. The molecule has 0 atom stereocenters. The maximum Gasteiger partial charge on any atom is 0.236 e. The van der Waals surface area contributed by atoms with Crippen molar-refractivity contribution in [2.24, 2.45) is 0 Å². The molecule has 0 aliphatic rings. The lowest BCUT2D eigenvalue weighted by Crippen LogP contribution is -2.03. The van der Waals surface area contributed by atoms with Crippen molar-refractivity contribution in [1.82, 2.24) is 14.5 Å². The van der Waals surface area contributed by atoms with Crippen molar-refractivity contribution in [3.8, 4) is 17.2 Å². The molecule has 0 bridgehead atoms. The van der Waals surface area contributed by atoms with Crippen LogP contribution in [0.5, 0.6) is 0 Å². The fourth-order valence-electron chi connectivity index (χ4n) is 7.87. The Labute approximate surface area is 274 Å². The Hall–Kier alpha value is -6.52. The van der Waals surface area contributed by atoms with E-state index in [0.29, 0.717) is 11.5 Å². The van der Waals surface area contributed by atoms with Gasteiger partial charge in [-0.15, -0.1) is 0 Å². The molecule has 11 rings (SSSR count). The highest BCUT2D eigenvalue weighted by Gasteiger charge is 2.24. The summed E-state index contributed by atoms with van der Waals surface area (Å²) in [4.78, 5) is 10.9. The maximum absolute atomic E-state index is 6.64. The van der Waals surface area contributed by atoms with Gasteiger partial charge in [-0.05, 0) is 62.0 Å². The van der Waals surface area contributed by atoms with Crippen molar-refractivity contribution in [2.75, 3.05) is 0 Å². The number of para-hydroxylation sites is 1. The molecule has 4 heteroatoms. The Balaban J connectivity index is 1.36. The molecular formula is C44H25N3O. The van der Waals surface area contributed by atoms with Crippen LogP contribution < -0.4 is 0 Å². The van der Waals surface area contributed by atoms with E-state index in [4.69, 9.17) is 14.4 Å². The van der Waals surface area contributed by atoms with Gasteiger partial charge in [0.1, 0.15) is 16.8 Å². The van der Waals surface area contributed by atoms with E-state index in [1.54, 1.807) is 0 Å². The molecule has 0 N–H and O–H groups in total. The highest BCUT2D eigenvalue weighted by Crippen LogP contribution is 2.43. The smallest absolute Gasteiger partial charge is 0.236 e. The van der Waals surface area contributed by atoms with Crippen molar-refractivity contribution >= 4 is 87.0 Å². The van der Waals surface area contributed by atoms with Crippen LogP contribution >= 0.6 is 0 Å². The molecule has 8 aromatic carbocycles. The molecule has 0 saturated heterocycles. The molecule has 4 nitrogen and oxygen atoms in total. The van der Waals surface area contributed by atoms with Crippen LogP contribution in [0.15, 0.2) is 156 Å². The lowest BCUT2D eigenvalue weighted by molar-refractivity contribution is 0.666. The number of furan rings is 1. The lowest BCUT2D eigenvalue weighted by Gasteiger charge is -2.13. The van der Waals surface area contributed by atoms with Crippen molar-refractivity contribution in [1.29, 1.82) is 0 Å². The normalized spacial score (nSPS) is 12.2. The average Bonchev–Trinajstić information content (AvgIpc) is 3.70. The molecule has 222 valence electrons. The molecule has 3 aromatic heterocycles. The molecule has 11 aromatic rings. The second kappa shape index (κ2) is 9.50. The predicted molar refractivity (Wildman–Crippen MR) is 199 cm³/mol. The number of rotatable bonds is 2. The molecule has 3 heterocycles. The molecule has 0 spiro atoms. The second-order valence-corrected chi connectivity index (χ2v) is 12.5. The molecule has 0 radical (unpaired) electrons. The van der Waals surface area contributed by atoms with Crippen LogP contribution in [-0.4, -0.2) is 14.5 Å². The highest BCUT2D eigenvalue weighted by molar-refractivity contribution is 6.26. The molecule has 48 heavy (non-hydrogen) atoms. The van der Waals surface area contributed by atoms with Gasteiger partial charge in [0.25, 0.3) is 0 Å². The Bertz CT molecular complexity index is 3130. The molecule has 0 saturated carbocycles. The molecule has 0 unspecified atom stereocenters. The Morgan fingerprint density at radius 1 is 0.458 bits per heavy atom. The minimum Gasteiger partial charge on any atom is -0.452 e. The van der Waals surface area contributed by atoms with Gasteiger partial charge in [-0.1, -0.05) is 127 Å². The summed E-state index contributed by atoms with van der Waals surface area (Å²) in [6.07, 6.45) is 0. The number of benzene rings is 8. The van der Waals surface area contributed by atoms with Crippen molar-refractivity contribution in [3.05, 3.63) is 152 Å². The van der Waals surface area contributed by atoms with Crippen LogP contribution in [0.2, 0.25) is 0 Å². The molecule has 0 aliphatic heterocycles. The van der Waals surface area contributed by atoms with E-state index in [1.165, 1.54) is 37.7 Å².